The molecule has 12 heteroatoms. The molecule has 2 fully saturated rings. The number of rotatable bonds is 6. The molecule has 0 unspecified atom stereocenters. The second-order valence-corrected chi connectivity index (χ2v) is 10.9. The summed E-state index contributed by atoms with van der Waals surface area (Å²) < 4.78 is 35.3. The molecule has 4 heterocycles. The van der Waals surface area contributed by atoms with Crippen molar-refractivity contribution in [1.82, 2.24) is 29.2 Å². The van der Waals surface area contributed by atoms with Crippen LogP contribution >= 0.6 is 0 Å². The van der Waals surface area contributed by atoms with Crippen LogP contribution in [0.25, 0.3) is 16.7 Å². The number of likely N-dealkylation sites (tertiary alicyclic amines) is 1. The topological polar surface area (TPSA) is 115 Å². The standard InChI is InChI=1S/C29H30F2N6O4/c30-20-6-8-21(9-7-20)37-26-23(16-33-37)28(39)36(18-32-26)17-29(40)12-14-35(15-13-29)27(38)19-4-10-22(11-5-19)41-25-3-1-2-24(31)34-25/h1-3,6-9,16,18-19,22,40H,4-5,10-15,17H2/t19-,22+. The number of carbonyl (C=O) groups is 1. The van der Waals surface area contributed by atoms with E-state index in [9.17, 15) is 23.5 Å². The maximum atomic E-state index is 13.3. The van der Waals surface area contributed by atoms with Gasteiger partial charge in [-0.2, -0.15) is 14.5 Å². The summed E-state index contributed by atoms with van der Waals surface area (Å²) in [5, 5.41) is 15.8. The van der Waals surface area contributed by atoms with Gasteiger partial charge in [0, 0.05) is 25.1 Å². The molecule has 1 amide bonds. The molecule has 4 aromatic rings. The Balaban J connectivity index is 1.04. The third-order valence-corrected chi connectivity index (χ3v) is 8.10. The molecule has 1 saturated heterocycles. The smallest absolute Gasteiger partial charge is 0.264 e. The van der Waals surface area contributed by atoms with Gasteiger partial charge in [0.2, 0.25) is 17.7 Å². The molecule has 2 aliphatic rings. The molecule has 10 nitrogen and oxygen atoms in total. The van der Waals surface area contributed by atoms with Crippen molar-refractivity contribution in [2.24, 2.45) is 5.92 Å². The van der Waals surface area contributed by atoms with Crippen LogP contribution in [-0.2, 0) is 11.3 Å². The number of amides is 1. The highest BCUT2D eigenvalue weighted by Crippen LogP contribution is 2.31. The third kappa shape index (κ3) is 5.69. The van der Waals surface area contributed by atoms with Gasteiger partial charge in [-0.25, -0.2) is 14.1 Å². The summed E-state index contributed by atoms with van der Waals surface area (Å²) in [6, 6.07) is 10.2. The minimum Gasteiger partial charge on any atom is -0.474 e. The highest BCUT2D eigenvalue weighted by molar-refractivity contribution is 5.79. The molecular formula is C29H30F2N6O4. The number of hydrogen-bond acceptors (Lipinski definition) is 7. The van der Waals surface area contributed by atoms with Gasteiger partial charge in [0.05, 0.1) is 24.0 Å². The highest BCUT2D eigenvalue weighted by Gasteiger charge is 2.37. The molecule has 1 aromatic carbocycles. The molecule has 3 aromatic heterocycles. The van der Waals surface area contributed by atoms with E-state index in [1.54, 1.807) is 29.2 Å². The Morgan fingerprint density at radius 3 is 2.49 bits per heavy atom. The van der Waals surface area contributed by atoms with Gasteiger partial charge in [-0.15, -0.1) is 0 Å². The Bertz CT molecular complexity index is 1610. The number of pyridine rings is 1. The number of nitrogens with zero attached hydrogens (tertiary/aromatic N) is 6. The summed E-state index contributed by atoms with van der Waals surface area (Å²) >= 11 is 0. The molecule has 1 saturated carbocycles. The second kappa shape index (κ2) is 11.0. The van der Waals surface area contributed by atoms with Crippen molar-refractivity contribution < 1.29 is 23.4 Å². The molecule has 1 aliphatic heterocycles. The minimum absolute atomic E-state index is 0.0507. The number of fused-ring (bicyclic) bond motifs is 1. The van der Waals surface area contributed by atoms with Crippen LogP contribution in [-0.4, -0.2) is 65.0 Å². The quantitative estimate of drug-likeness (QED) is 0.358. The Morgan fingerprint density at radius 2 is 1.78 bits per heavy atom. The molecular weight excluding hydrogens is 534 g/mol. The molecule has 214 valence electrons. The van der Waals surface area contributed by atoms with E-state index in [2.05, 4.69) is 15.1 Å². The van der Waals surface area contributed by atoms with Crippen LogP contribution in [0, 0.1) is 17.7 Å². The predicted octanol–water partition coefficient (Wildman–Crippen LogP) is 3.25. The number of hydrogen-bond donors (Lipinski definition) is 1. The van der Waals surface area contributed by atoms with Gasteiger partial charge in [-0.05, 0) is 68.9 Å². The number of benzene rings is 1. The van der Waals surface area contributed by atoms with Crippen LogP contribution in [0.5, 0.6) is 5.88 Å². The van der Waals surface area contributed by atoms with E-state index >= 15 is 0 Å². The number of piperidine rings is 1. The number of carbonyl (C=O) groups excluding carboxylic acids is 1. The Kier molecular flexibility index (Phi) is 7.24. The van der Waals surface area contributed by atoms with Crippen LogP contribution in [0.2, 0.25) is 0 Å². The molecule has 0 spiro atoms. The van der Waals surface area contributed by atoms with Gasteiger partial charge in [-0.1, -0.05) is 6.07 Å². The maximum Gasteiger partial charge on any atom is 0.264 e. The van der Waals surface area contributed by atoms with Crippen molar-refractivity contribution in [2.45, 2.75) is 56.8 Å². The lowest BCUT2D eigenvalue weighted by atomic mass is 9.85. The number of halogens is 2. The van der Waals surface area contributed by atoms with E-state index in [0.717, 1.165) is 0 Å². The molecule has 0 atom stereocenters. The van der Waals surface area contributed by atoms with Gasteiger partial charge in [0.15, 0.2) is 5.65 Å². The second-order valence-electron chi connectivity index (χ2n) is 10.9. The van der Waals surface area contributed by atoms with Crippen molar-refractivity contribution in [3.8, 4) is 11.6 Å². The van der Waals surface area contributed by atoms with Gasteiger partial charge in [-0.3, -0.25) is 14.2 Å². The molecule has 41 heavy (non-hydrogen) atoms. The molecule has 0 bridgehead atoms. The van der Waals surface area contributed by atoms with E-state index in [-0.39, 0.29) is 41.7 Å². The van der Waals surface area contributed by atoms with Gasteiger partial charge >= 0.3 is 0 Å². The van der Waals surface area contributed by atoms with Crippen LogP contribution < -0.4 is 10.3 Å². The fourth-order valence-corrected chi connectivity index (χ4v) is 5.76. The molecule has 6 rings (SSSR count). The largest absolute Gasteiger partial charge is 0.474 e. The van der Waals surface area contributed by atoms with Crippen LogP contribution in [0.4, 0.5) is 8.78 Å². The zero-order chi connectivity index (χ0) is 28.6. The van der Waals surface area contributed by atoms with Crippen LogP contribution in [0.1, 0.15) is 38.5 Å². The average molecular weight is 565 g/mol. The number of aliphatic hydroxyl groups is 1. The normalized spacial score (nSPS) is 20.7. The number of aromatic nitrogens is 5. The molecule has 0 radical (unpaired) electrons. The average Bonchev–Trinajstić information content (AvgIpc) is 3.40. The number of ether oxygens (including phenoxy) is 1. The lowest BCUT2D eigenvalue weighted by Crippen LogP contribution is -2.51. The molecule has 1 N–H and O–H groups in total. The van der Waals surface area contributed by atoms with Crippen molar-refractivity contribution in [3.05, 3.63) is 77.1 Å². The van der Waals surface area contributed by atoms with Gasteiger partial charge in [0.1, 0.15) is 23.6 Å². The summed E-state index contributed by atoms with van der Waals surface area (Å²) in [7, 11) is 0. The van der Waals surface area contributed by atoms with Crippen molar-refractivity contribution in [3.63, 3.8) is 0 Å². The Hall–Kier alpha value is -4.19. The van der Waals surface area contributed by atoms with E-state index in [0.29, 0.717) is 68.3 Å². The minimum atomic E-state index is -1.16. The highest BCUT2D eigenvalue weighted by atomic mass is 19.1. The first kappa shape index (κ1) is 27.0. The van der Waals surface area contributed by atoms with E-state index in [4.69, 9.17) is 4.74 Å². The first-order valence-electron chi connectivity index (χ1n) is 13.8. The first-order chi connectivity index (χ1) is 19.8. The fourth-order valence-electron chi connectivity index (χ4n) is 5.76. The SMILES string of the molecule is O=c1c2cnn(-c3ccc(F)cc3)c2ncn1CC1(O)CCN(C(=O)[C@H]2CC[C@@H](Oc3cccc(F)n3)CC2)CC1. The summed E-state index contributed by atoms with van der Waals surface area (Å²) in [6.07, 6.45) is 6.09. The van der Waals surface area contributed by atoms with Crippen molar-refractivity contribution in [2.75, 3.05) is 13.1 Å². The van der Waals surface area contributed by atoms with Crippen molar-refractivity contribution in [1.29, 1.82) is 0 Å². The van der Waals surface area contributed by atoms with E-state index in [1.165, 1.54) is 40.0 Å². The predicted molar refractivity (Wildman–Crippen MR) is 144 cm³/mol. The molecule has 1 aliphatic carbocycles. The summed E-state index contributed by atoms with van der Waals surface area (Å²) in [5.74, 6) is -0.753. The lowest BCUT2D eigenvalue weighted by molar-refractivity contribution is -0.141. The van der Waals surface area contributed by atoms with Crippen LogP contribution in [0.3, 0.4) is 0 Å². The summed E-state index contributed by atoms with van der Waals surface area (Å²) in [6.45, 7) is 0.840. The fraction of sp³-hybridized carbons (Fsp3) is 0.414. The van der Waals surface area contributed by atoms with Crippen molar-refractivity contribution >= 4 is 16.9 Å². The Morgan fingerprint density at radius 1 is 1.05 bits per heavy atom. The van der Waals surface area contributed by atoms with E-state index < -0.39 is 11.5 Å². The zero-order valence-corrected chi connectivity index (χ0v) is 22.3. The van der Waals surface area contributed by atoms with Gasteiger partial charge < -0.3 is 14.7 Å². The summed E-state index contributed by atoms with van der Waals surface area (Å²) in [4.78, 5) is 36.3. The summed E-state index contributed by atoms with van der Waals surface area (Å²) in [5.41, 5.74) is -0.571. The monoisotopic (exact) mass is 564 g/mol. The van der Waals surface area contributed by atoms with Crippen LogP contribution in [0.15, 0.2) is 59.8 Å². The maximum absolute atomic E-state index is 13.3. The first-order valence-corrected chi connectivity index (χ1v) is 13.8. The Labute approximate surface area is 234 Å². The third-order valence-electron chi connectivity index (χ3n) is 8.10. The lowest BCUT2D eigenvalue weighted by Gasteiger charge is -2.40. The zero-order valence-electron chi connectivity index (χ0n) is 22.3. The van der Waals surface area contributed by atoms with E-state index in [1.807, 2.05) is 0 Å². The van der Waals surface area contributed by atoms with Gasteiger partial charge in [0.25, 0.3) is 5.56 Å².